The van der Waals surface area contributed by atoms with Gasteiger partial charge < -0.3 is 19.5 Å². The summed E-state index contributed by atoms with van der Waals surface area (Å²) in [5.74, 6) is -1.15. The minimum Gasteiger partial charge on any atom is -0.490 e. The predicted octanol–water partition coefficient (Wildman–Crippen LogP) is 0.906. The van der Waals surface area contributed by atoms with Crippen molar-refractivity contribution in [2.75, 3.05) is 32.9 Å². The maximum atomic E-state index is 12.2. The lowest BCUT2D eigenvalue weighted by molar-refractivity contribution is -0.154. The minimum absolute atomic E-state index is 0.269. The Hall–Kier alpha value is -3.10. The Morgan fingerprint density at radius 3 is 2.46 bits per heavy atom. The van der Waals surface area contributed by atoms with Crippen LogP contribution in [0.1, 0.15) is 37.0 Å². The van der Waals surface area contributed by atoms with Crippen LogP contribution in [0.5, 0.6) is 11.5 Å². The van der Waals surface area contributed by atoms with Crippen molar-refractivity contribution in [2.45, 2.75) is 26.7 Å². The Morgan fingerprint density at radius 1 is 1.11 bits per heavy atom. The molecule has 0 radical (unpaired) electrons. The molecule has 3 amide bonds. The average Bonchev–Trinajstić information content (AvgIpc) is 3.12. The SMILES string of the molecule is CCOc1ccc(C(=O)NCC(=O)OCC(=O)N2CCCC2=O)cc1OCC. The molecule has 1 aromatic rings. The first kappa shape index (κ1) is 21.2. The molecule has 152 valence electrons. The number of rotatable bonds is 9. The molecule has 1 fully saturated rings. The molecule has 0 aliphatic carbocycles. The molecule has 1 aliphatic heterocycles. The van der Waals surface area contributed by atoms with Gasteiger partial charge in [-0.05, 0) is 38.5 Å². The van der Waals surface area contributed by atoms with Crippen LogP contribution >= 0.6 is 0 Å². The number of nitrogens with zero attached hydrogens (tertiary/aromatic N) is 1. The van der Waals surface area contributed by atoms with Crippen molar-refractivity contribution in [3.63, 3.8) is 0 Å². The second kappa shape index (κ2) is 10.3. The van der Waals surface area contributed by atoms with Gasteiger partial charge in [0.1, 0.15) is 6.54 Å². The number of esters is 1. The van der Waals surface area contributed by atoms with E-state index < -0.39 is 30.9 Å². The van der Waals surface area contributed by atoms with Crippen molar-refractivity contribution in [3.8, 4) is 11.5 Å². The molecular formula is C19H24N2O7. The van der Waals surface area contributed by atoms with Crippen molar-refractivity contribution in [3.05, 3.63) is 23.8 Å². The van der Waals surface area contributed by atoms with Crippen molar-refractivity contribution < 1.29 is 33.4 Å². The summed E-state index contributed by atoms with van der Waals surface area (Å²) >= 11 is 0. The van der Waals surface area contributed by atoms with E-state index in [-0.39, 0.29) is 5.91 Å². The summed E-state index contributed by atoms with van der Waals surface area (Å²) < 4.78 is 15.7. The first-order valence-electron chi connectivity index (χ1n) is 9.12. The number of ether oxygens (including phenoxy) is 3. The summed E-state index contributed by atoms with van der Waals surface area (Å²) in [6.45, 7) is 3.92. The molecule has 0 spiro atoms. The quantitative estimate of drug-likeness (QED) is 0.622. The number of imide groups is 1. The highest BCUT2D eigenvalue weighted by Crippen LogP contribution is 2.28. The number of amides is 3. The van der Waals surface area contributed by atoms with Gasteiger partial charge in [0, 0.05) is 18.5 Å². The zero-order chi connectivity index (χ0) is 20.5. The highest BCUT2D eigenvalue weighted by atomic mass is 16.5. The number of nitrogens with one attached hydrogen (secondary N) is 1. The van der Waals surface area contributed by atoms with Crippen LogP contribution in [0, 0.1) is 0 Å². The number of carbonyl (C=O) groups is 4. The van der Waals surface area contributed by atoms with Gasteiger partial charge in [0.05, 0.1) is 13.2 Å². The number of hydrogen-bond acceptors (Lipinski definition) is 7. The van der Waals surface area contributed by atoms with Gasteiger partial charge in [0.15, 0.2) is 18.1 Å². The molecule has 1 heterocycles. The molecule has 28 heavy (non-hydrogen) atoms. The van der Waals surface area contributed by atoms with E-state index in [0.29, 0.717) is 49.7 Å². The fourth-order valence-electron chi connectivity index (χ4n) is 2.63. The maximum Gasteiger partial charge on any atom is 0.325 e. The van der Waals surface area contributed by atoms with Gasteiger partial charge in [-0.25, -0.2) is 0 Å². The summed E-state index contributed by atoms with van der Waals surface area (Å²) in [6.07, 6.45) is 0.933. The van der Waals surface area contributed by atoms with Gasteiger partial charge in [-0.15, -0.1) is 0 Å². The van der Waals surface area contributed by atoms with Crippen molar-refractivity contribution >= 4 is 23.7 Å². The molecule has 1 aliphatic rings. The molecule has 1 N–H and O–H groups in total. The van der Waals surface area contributed by atoms with Crippen LogP contribution in [-0.4, -0.2) is 61.5 Å². The second-order valence-corrected chi connectivity index (χ2v) is 5.91. The van der Waals surface area contributed by atoms with Crippen LogP contribution in [-0.2, 0) is 19.1 Å². The fourth-order valence-corrected chi connectivity index (χ4v) is 2.63. The van der Waals surface area contributed by atoms with Gasteiger partial charge in [-0.1, -0.05) is 0 Å². The molecular weight excluding hydrogens is 368 g/mol. The van der Waals surface area contributed by atoms with Crippen molar-refractivity contribution in [1.82, 2.24) is 10.2 Å². The monoisotopic (exact) mass is 392 g/mol. The summed E-state index contributed by atoms with van der Waals surface area (Å²) in [5, 5.41) is 2.42. The summed E-state index contributed by atoms with van der Waals surface area (Å²) in [7, 11) is 0. The largest absolute Gasteiger partial charge is 0.490 e. The highest BCUT2D eigenvalue weighted by molar-refractivity contribution is 5.98. The van der Waals surface area contributed by atoms with E-state index >= 15 is 0 Å². The zero-order valence-corrected chi connectivity index (χ0v) is 16.0. The van der Waals surface area contributed by atoms with E-state index in [1.54, 1.807) is 12.1 Å². The average molecular weight is 392 g/mol. The minimum atomic E-state index is -0.774. The van der Waals surface area contributed by atoms with Crippen LogP contribution in [0.2, 0.25) is 0 Å². The standard InChI is InChI=1S/C19H24N2O7/c1-3-26-14-8-7-13(10-15(14)27-4-2)19(25)20-11-18(24)28-12-17(23)21-9-5-6-16(21)22/h7-8,10H,3-6,9,11-12H2,1-2H3,(H,20,25). The number of likely N-dealkylation sites (tertiary alicyclic amines) is 1. The van der Waals surface area contributed by atoms with Crippen LogP contribution in [0.4, 0.5) is 0 Å². The second-order valence-electron chi connectivity index (χ2n) is 5.91. The van der Waals surface area contributed by atoms with E-state index in [0.717, 1.165) is 4.90 Å². The number of hydrogen-bond donors (Lipinski definition) is 1. The molecule has 0 bridgehead atoms. The van der Waals surface area contributed by atoms with Crippen LogP contribution in [0.25, 0.3) is 0 Å². The first-order valence-corrected chi connectivity index (χ1v) is 9.12. The Bertz CT molecular complexity index is 748. The third-order valence-electron chi connectivity index (χ3n) is 3.93. The zero-order valence-electron chi connectivity index (χ0n) is 16.0. The molecule has 9 nitrogen and oxygen atoms in total. The maximum absolute atomic E-state index is 12.2. The summed E-state index contributed by atoms with van der Waals surface area (Å²) in [6, 6.07) is 4.70. The van der Waals surface area contributed by atoms with E-state index in [2.05, 4.69) is 5.32 Å². The number of benzene rings is 1. The third-order valence-corrected chi connectivity index (χ3v) is 3.93. The van der Waals surface area contributed by atoms with Gasteiger partial charge in [-0.3, -0.25) is 24.1 Å². The summed E-state index contributed by atoms with van der Waals surface area (Å²) in [4.78, 5) is 48.3. The predicted molar refractivity (Wildman–Crippen MR) is 98.0 cm³/mol. The Balaban J connectivity index is 1.83. The Kier molecular flexibility index (Phi) is 7.79. The van der Waals surface area contributed by atoms with Crippen LogP contribution < -0.4 is 14.8 Å². The normalized spacial score (nSPS) is 13.2. The molecule has 0 atom stereocenters. The third kappa shape index (κ3) is 5.70. The van der Waals surface area contributed by atoms with Gasteiger partial charge in [0.25, 0.3) is 11.8 Å². The lowest BCUT2D eigenvalue weighted by atomic mass is 10.2. The lowest BCUT2D eigenvalue weighted by Crippen LogP contribution is -2.37. The molecule has 9 heteroatoms. The molecule has 1 saturated heterocycles. The van der Waals surface area contributed by atoms with Crippen LogP contribution in [0.3, 0.4) is 0 Å². The van der Waals surface area contributed by atoms with Gasteiger partial charge >= 0.3 is 5.97 Å². The Morgan fingerprint density at radius 2 is 1.82 bits per heavy atom. The molecule has 0 unspecified atom stereocenters. The van der Waals surface area contributed by atoms with Gasteiger partial charge in [-0.2, -0.15) is 0 Å². The van der Waals surface area contributed by atoms with E-state index in [1.165, 1.54) is 6.07 Å². The number of carbonyl (C=O) groups excluding carboxylic acids is 4. The van der Waals surface area contributed by atoms with Gasteiger partial charge in [0.2, 0.25) is 5.91 Å². The molecule has 0 aromatic heterocycles. The molecule has 0 saturated carbocycles. The highest BCUT2D eigenvalue weighted by Gasteiger charge is 2.27. The van der Waals surface area contributed by atoms with E-state index in [4.69, 9.17) is 14.2 Å². The Labute approximate surface area is 162 Å². The van der Waals surface area contributed by atoms with Crippen molar-refractivity contribution in [2.24, 2.45) is 0 Å². The smallest absolute Gasteiger partial charge is 0.325 e. The van der Waals surface area contributed by atoms with Crippen LogP contribution in [0.15, 0.2) is 18.2 Å². The van der Waals surface area contributed by atoms with E-state index in [1.807, 2.05) is 13.8 Å². The summed E-state index contributed by atoms with van der Waals surface area (Å²) in [5.41, 5.74) is 0.290. The topological polar surface area (TPSA) is 111 Å². The van der Waals surface area contributed by atoms with Crippen molar-refractivity contribution in [1.29, 1.82) is 0 Å². The lowest BCUT2D eigenvalue weighted by Gasteiger charge is -2.14. The van der Waals surface area contributed by atoms with E-state index in [9.17, 15) is 19.2 Å². The first-order chi connectivity index (χ1) is 13.5. The molecule has 1 aromatic carbocycles. The molecule has 2 rings (SSSR count). The fraction of sp³-hybridized carbons (Fsp3) is 0.474.